The molecule has 0 aromatic carbocycles. The molecular formula is C7H12N2O2S. The Kier molecular flexibility index (Phi) is 2.56. The molecule has 0 aliphatic rings. The van der Waals surface area contributed by atoms with Gasteiger partial charge in [-0.1, -0.05) is 0 Å². The molecule has 2 N–H and O–H groups in total. The van der Waals surface area contributed by atoms with Crippen LogP contribution in [0.15, 0.2) is 24.5 Å². The van der Waals surface area contributed by atoms with Crippen LogP contribution in [0.4, 0.5) is 5.69 Å². The maximum absolute atomic E-state index is 9.28. The zero-order valence-corrected chi connectivity index (χ0v) is 7.82. The highest BCUT2D eigenvalue weighted by Gasteiger charge is 2.12. The lowest BCUT2D eigenvalue weighted by atomic mass is 10.4. The van der Waals surface area contributed by atoms with E-state index >= 15 is 0 Å². The Hall–Kier alpha value is -0.780. The summed E-state index contributed by atoms with van der Waals surface area (Å²) in [6, 6.07) is 3.52. The van der Waals surface area contributed by atoms with Gasteiger partial charge in [0.1, 0.15) is 0 Å². The number of aromatic nitrogens is 1. The third-order valence-corrected chi connectivity index (χ3v) is 2.78. The topological polar surface area (TPSA) is 56.6 Å². The van der Waals surface area contributed by atoms with Crippen molar-refractivity contribution in [1.82, 2.24) is 4.98 Å². The molecule has 0 amide bonds. The van der Waals surface area contributed by atoms with E-state index in [9.17, 15) is 9.11 Å². The van der Waals surface area contributed by atoms with Crippen molar-refractivity contribution in [2.75, 3.05) is 17.6 Å². The van der Waals surface area contributed by atoms with E-state index in [0.29, 0.717) is 5.69 Å². The molecule has 1 rings (SSSR count). The van der Waals surface area contributed by atoms with Crippen LogP contribution in [0.25, 0.3) is 0 Å². The Morgan fingerprint density at radius 3 is 2.58 bits per heavy atom. The first kappa shape index (κ1) is 9.31. The summed E-state index contributed by atoms with van der Waals surface area (Å²) in [7, 11) is -1.05. The van der Waals surface area contributed by atoms with Gasteiger partial charge in [-0.05, 0) is 12.1 Å². The minimum atomic E-state index is -2.66. The van der Waals surface area contributed by atoms with Crippen molar-refractivity contribution in [2.45, 2.75) is 0 Å². The van der Waals surface area contributed by atoms with Gasteiger partial charge < -0.3 is 0 Å². The largest absolute Gasteiger partial charge is 0.282 e. The molecule has 0 saturated heterocycles. The van der Waals surface area contributed by atoms with Gasteiger partial charge >= 0.3 is 0 Å². The summed E-state index contributed by atoms with van der Waals surface area (Å²) >= 11 is 0. The molecular weight excluding hydrogens is 176 g/mol. The highest BCUT2D eigenvalue weighted by Crippen LogP contribution is 2.40. The third kappa shape index (κ3) is 2.10. The zero-order chi connectivity index (χ0) is 9.19. The van der Waals surface area contributed by atoms with Gasteiger partial charge in [0.2, 0.25) is 0 Å². The second kappa shape index (κ2) is 3.30. The molecule has 0 aliphatic carbocycles. The van der Waals surface area contributed by atoms with Crippen molar-refractivity contribution < 1.29 is 9.11 Å². The summed E-state index contributed by atoms with van der Waals surface area (Å²) in [4.78, 5) is 3.87. The lowest BCUT2D eigenvalue weighted by molar-refractivity contribution is 0.493. The van der Waals surface area contributed by atoms with Gasteiger partial charge in [0.15, 0.2) is 0 Å². The molecule has 1 aromatic heterocycles. The van der Waals surface area contributed by atoms with Crippen molar-refractivity contribution in [1.29, 1.82) is 0 Å². The monoisotopic (exact) mass is 188 g/mol. The van der Waals surface area contributed by atoms with E-state index in [1.165, 1.54) is 10.6 Å². The number of pyridine rings is 1. The fraction of sp³-hybridized carbons (Fsp3) is 0.286. The molecule has 1 aromatic rings. The van der Waals surface area contributed by atoms with Gasteiger partial charge in [0.05, 0.1) is 11.9 Å². The van der Waals surface area contributed by atoms with Crippen molar-refractivity contribution in [2.24, 2.45) is 0 Å². The standard InChI is InChI=1S/C7H12N2O2S/c1-9(12(2,10)11)7-4-3-5-8-6-7/h3-6,10-11H,1-2H3. The number of nitrogens with zero attached hydrogens (tertiary/aromatic N) is 2. The first-order chi connectivity index (χ1) is 5.52. The second-order valence-electron chi connectivity index (χ2n) is 2.50. The van der Waals surface area contributed by atoms with E-state index in [1.807, 2.05) is 0 Å². The Balaban J connectivity index is 2.86. The van der Waals surface area contributed by atoms with Gasteiger partial charge in [-0.2, -0.15) is 0 Å². The SMILES string of the molecule is CN(c1cccnc1)S(C)(O)O. The van der Waals surface area contributed by atoms with Gasteiger partial charge in [0, 0.05) is 19.5 Å². The Morgan fingerprint density at radius 1 is 1.50 bits per heavy atom. The summed E-state index contributed by atoms with van der Waals surface area (Å²) in [6.07, 6.45) is 4.59. The van der Waals surface area contributed by atoms with Crippen LogP contribution in [-0.4, -0.2) is 27.4 Å². The van der Waals surface area contributed by atoms with Gasteiger partial charge in [-0.25, -0.2) is 0 Å². The summed E-state index contributed by atoms with van der Waals surface area (Å²) in [5.74, 6) is 0. The smallest absolute Gasteiger partial charge is 0.0747 e. The molecule has 1 heterocycles. The van der Waals surface area contributed by atoms with Gasteiger partial charge in [-0.3, -0.25) is 18.4 Å². The van der Waals surface area contributed by atoms with Crippen LogP contribution in [0.5, 0.6) is 0 Å². The quantitative estimate of drug-likeness (QED) is 0.743. The summed E-state index contributed by atoms with van der Waals surface area (Å²) in [5.41, 5.74) is 0.694. The zero-order valence-electron chi connectivity index (χ0n) is 7.01. The summed E-state index contributed by atoms with van der Waals surface area (Å²) in [5, 5.41) is 0. The van der Waals surface area contributed by atoms with Crippen LogP contribution in [0.2, 0.25) is 0 Å². The fourth-order valence-electron chi connectivity index (χ4n) is 0.740. The molecule has 0 saturated carbocycles. The molecule has 0 radical (unpaired) electrons. The van der Waals surface area contributed by atoms with Crippen LogP contribution in [0, 0.1) is 0 Å². The van der Waals surface area contributed by atoms with Gasteiger partial charge in [0.25, 0.3) is 0 Å². The Labute approximate surface area is 73.3 Å². The average molecular weight is 188 g/mol. The number of rotatable bonds is 2. The van der Waals surface area contributed by atoms with Crippen LogP contribution < -0.4 is 4.31 Å². The highest BCUT2D eigenvalue weighted by atomic mass is 32.3. The van der Waals surface area contributed by atoms with E-state index < -0.39 is 10.8 Å². The predicted octanol–water partition coefficient (Wildman–Crippen LogP) is 1.81. The summed E-state index contributed by atoms with van der Waals surface area (Å²) in [6.45, 7) is 0. The highest BCUT2D eigenvalue weighted by molar-refractivity contribution is 8.24. The normalized spacial score (nSPS) is 12.7. The maximum atomic E-state index is 9.28. The van der Waals surface area contributed by atoms with Gasteiger partial charge in [-0.15, -0.1) is 10.8 Å². The summed E-state index contributed by atoms with van der Waals surface area (Å²) < 4.78 is 20.0. The maximum Gasteiger partial charge on any atom is 0.0747 e. The third-order valence-electron chi connectivity index (χ3n) is 1.53. The minimum Gasteiger partial charge on any atom is -0.282 e. The van der Waals surface area contributed by atoms with E-state index in [0.717, 1.165) is 0 Å². The molecule has 0 unspecified atom stereocenters. The molecule has 68 valence electrons. The molecule has 0 spiro atoms. The molecule has 0 aliphatic heterocycles. The average Bonchev–Trinajstić information content (AvgIpc) is 2.03. The number of hydrogen-bond donors (Lipinski definition) is 2. The predicted molar refractivity (Wildman–Crippen MR) is 51.4 cm³/mol. The van der Waals surface area contributed by atoms with Crippen molar-refractivity contribution >= 4 is 16.5 Å². The van der Waals surface area contributed by atoms with Crippen LogP contribution in [0.3, 0.4) is 0 Å². The van der Waals surface area contributed by atoms with Crippen molar-refractivity contribution in [3.63, 3.8) is 0 Å². The molecule has 0 fully saturated rings. The number of hydrogen-bond acceptors (Lipinski definition) is 4. The minimum absolute atomic E-state index is 0.694. The van der Waals surface area contributed by atoms with E-state index in [2.05, 4.69) is 4.98 Å². The van der Waals surface area contributed by atoms with Crippen LogP contribution in [0.1, 0.15) is 0 Å². The van der Waals surface area contributed by atoms with Crippen LogP contribution >= 0.6 is 10.8 Å². The van der Waals surface area contributed by atoms with Crippen LogP contribution in [-0.2, 0) is 0 Å². The molecule has 4 nitrogen and oxygen atoms in total. The lowest BCUT2D eigenvalue weighted by Crippen LogP contribution is -2.21. The molecule has 5 heteroatoms. The van der Waals surface area contributed by atoms with Crippen molar-refractivity contribution in [3.8, 4) is 0 Å². The number of anilines is 1. The molecule has 0 atom stereocenters. The Bertz CT molecular complexity index is 247. The van der Waals surface area contributed by atoms with E-state index in [1.54, 1.807) is 31.6 Å². The molecule has 0 bridgehead atoms. The van der Waals surface area contributed by atoms with Crippen molar-refractivity contribution in [3.05, 3.63) is 24.5 Å². The van der Waals surface area contributed by atoms with E-state index in [4.69, 9.17) is 0 Å². The van der Waals surface area contributed by atoms with E-state index in [-0.39, 0.29) is 0 Å². The molecule has 12 heavy (non-hydrogen) atoms. The lowest BCUT2D eigenvalue weighted by Gasteiger charge is -2.38. The fourth-order valence-corrected chi connectivity index (χ4v) is 1.25. The first-order valence-corrected chi connectivity index (χ1v) is 5.30. The Morgan fingerprint density at radius 2 is 2.17 bits per heavy atom. The first-order valence-electron chi connectivity index (χ1n) is 3.39. The second-order valence-corrected chi connectivity index (χ2v) is 4.63.